The monoisotopic (exact) mass is 521 g/mol. The Morgan fingerprint density at radius 1 is 1.08 bits per heavy atom. The van der Waals surface area contributed by atoms with Crippen LogP contribution in [0.3, 0.4) is 0 Å². The van der Waals surface area contributed by atoms with Crippen molar-refractivity contribution in [3.05, 3.63) is 94.6 Å². The standard InChI is InChI=1S/C31H30F3NO3/c1-3-30(14-15-30)35(27-12-9-21-6-4-5-7-25(21)27)19-22-18-23(31(32,33)34)10-11-24(22)26-16-20(17-29(36)37)8-13-28(26)38-2/h4-13,16,18,27H,3,14-15,17,19H2,1-2H3,(H,36,37). The number of aliphatic carboxylic acids is 1. The Kier molecular flexibility index (Phi) is 6.82. The minimum atomic E-state index is -4.49. The number of nitrogens with zero attached hydrogens (tertiary/aromatic N) is 1. The Bertz CT molecular complexity index is 1390. The summed E-state index contributed by atoms with van der Waals surface area (Å²) in [6.45, 7) is 2.44. The van der Waals surface area contributed by atoms with E-state index in [1.807, 2.05) is 12.1 Å². The number of hydrogen-bond donors (Lipinski definition) is 1. The van der Waals surface area contributed by atoms with Crippen molar-refractivity contribution in [2.24, 2.45) is 0 Å². The zero-order valence-corrected chi connectivity index (χ0v) is 21.4. The summed E-state index contributed by atoms with van der Waals surface area (Å²) in [6.07, 6.45) is 2.41. The molecular weight excluding hydrogens is 491 g/mol. The van der Waals surface area contributed by atoms with E-state index in [0.29, 0.717) is 34.5 Å². The Balaban J connectivity index is 1.64. The number of benzene rings is 3. The van der Waals surface area contributed by atoms with Gasteiger partial charge in [-0.2, -0.15) is 13.2 Å². The molecule has 7 heteroatoms. The lowest BCUT2D eigenvalue weighted by molar-refractivity contribution is -0.138. The van der Waals surface area contributed by atoms with Crippen molar-refractivity contribution in [2.75, 3.05) is 7.11 Å². The number of ether oxygens (including phenoxy) is 1. The largest absolute Gasteiger partial charge is 0.496 e. The summed E-state index contributed by atoms with van der Waals surface area (Å²) in [7, 11) is 1.50. The number of alkyl halides is 3. The van der Waals surface area contributed by atoms with Crippen LogP contribution < -0.4 is 4.74 Å². The number of rotatable bonds is 9. The zero-order valence-electron chi connectivity index (χ0n) is 21.4. The van der Waals surface area contributed by atoms with Crippen LogP contribution in [0.2, 0.25) is 0 Å². The molecule has 1 unspecified atom stereocenters. The highest BCUT2D eigenvalue weighted by Crippen LogP contribution is 2.52. The van der Waals surface area contributed by atoms with E-state index in [2.05, 4.69) is 36.1 Å². The zero-order chi connectivity index (χ0) is 27.1. The van der Waals surface area contributed by atoms with E-state index in [1.165, 1.54) is 19.2 Å². The molecule has 0 spiro atoms. The molecule has 1 fully saturated rings. The number of carboxylic acids is 1. The van der Waals surface area contributed by atoms with E-state index < -0.39 is 17.7 Å². The Morgan fingerprint density at radius 3 is 2.50 bits per heavy atom. The van der Waals surface area contributed by atoms with Crippen LogP contribution in [0.1, 0.15) is 60.0 Å². The number of halogens is 3. The molecule has 0 amide bonds. The van der Waals surface area contributed by atoms with Crippen LogP contribution >= 0.6 is 0 Å². The van der Waals surface area contributed by atoms with Crippen molar-refractivity contribution in [2.45, 2.75) is 56.9 Å². The van der Waals surface area contributed by atoms with Gasteiger partial charge in [0.05, 0.1) is 25.1 Å². The molecule has 198 valence electrons. The van der Waals surface area contributed by atoms with Crippen LogP contribution in [0.4, 0.5) is 13.2 Å². The highest BCUT2D eigenvalue weighted by Gasteiger charge is 2.49. The van der Waals surface area contributed by atoms with Crippen LogP contribution in [0, 0.1) is 0 Å². The molecule has 1 N–H and O–H groups in total. The minimum Gasteiger partial charge on any atom is -0.496 e. The molecule has 2 aliphatic rings. The van der Waals surface area contributed by atoms with E-state index in [0.717, 1.165) is 36.5 Å². The second kappa shape index (κ2) is 9.95. The third kappa shape index (κ3) is 4.95. The van der Waals surface area contributed by atoms with Gasteiger partial charge in [-0.25, -0.2) is 0 Å². The summed E-state index contributed by atoms with van der Waals surface area (Å²) in [5, 5.41) is 9.31. The molecule has 3 aromatic rings. The fourth-order valence-corrected chi connectivity index (χ4v) is 5.65. The first-order chi connectivity index (χ1) is 18.1. The molecule has 5 rings (SSSR count). The molecular formula is C31H30F3NO3. The maximum Gasteiger partial charge on any atom is 0.416 e. The van der Waals surface area contributed by atoms with Crippen LogP contribution in [0.25, 0.3) is 17.2 Å². The third-order valence-corrected chi connectivity index (χ3v) is 7.89. The summed E-state index contributed by atoms with van der Waals surface area (Å²) in [5.74, 6) is -0.500. The van der Waals surface area contributed by atoms with E-state index in [9.17, 15) is 23.1 Å². The third-order valence-electron chi connectivity index (χ3n) is 7.89. The fourth-order valence-electron chi connectivity index (χ4n) is 5.65. The first kappa shape index (κ1) is 26.0. The van der Waals surface area contributed by atoms with Gasteiger partial charge in [-0.15, -0.1) is 0 Å². The first-order valence-electron chi connectivity index (χ1n) is 12.8. The van der Waals surface area contributed by atoms with E-state index in [-0.39, 0.29) is 18.0 Å². The molecule has 0 radical (unpaired) electrons. The van der Waals surface area contributed by atoms with Gasteiger partial charge in [0, 0.05) is 17.6 Å². The van der Waals surface area contributed by atoms with Gasteiger partial charge in [-0.3, -0.25) is 9.69 Å². The first-order valence-corrected chi connectivity index (χ1v) is 12.8. The second-order valence-electron chi connectivity index (χ2n) is 10.1. The topological polar surface area (TPSA) is 49.8 Å². The van der Waals surface area contributed by atoms with Crippen LogP contribution in [-0.4, -0.2) is 28.6 Å². The summed E-state index contributed by atoms with van der Waals surface area (Å²) in [4.78, 5) is 13.7. The molecule has 2 aliphatic carbocycles. The van der Waals surface area contributed by atoms with Gasteiger partial charge in [-0.05, 0) is 71.3 Å². The molecule has 0 heterocycles. The summed E-state index contributed by atoms with van der Waals surface area (Å²) < 4.78 is 47.2. The van der Waals surface area contributed by atoms with Crippen LogP contribution in [0.5, 0.6) is 5.75 Å². The normalized spacial score (nSPS) is 17.5. The van der Waals surface area contributed by atoms with Gasteiger partial charge in [-0.1, -0.05) is 55.5 Å². The van der Waals surface area contributed by atoms with Gasteiger partial charge >= 0.3 is 12.1 Å². The van der Waals surface area contributed by atoms with Crippen LogP contribution in [-0.2, 0) is 23.9 Å². The van der Waals surface area contributed by atoms with Crippen molar-refractivity contribution >= 4 is 12.0 Å². The van der Waals surface area contributed by atoms with E-state index in [4.69, 9.17) is 4.74 Å². The lowest BCUT2D eigenvalue weighted by Crippen LogP contribution is -2.38. The number of carboxylic acid groups (broad SMARTS) is 1. The molecule has 38 heavy (non-hydrogen) atoms. The van der Waals surface area contributed by atoms with Crippen molar-refractivity contribution < 1.29 is 27.8 Å². The maximum absolute atomic E-state index is 13.9. The number of hydrogen-bond acceptors (Lipinski definition) is 3. The SMILES string of the molecule is CCC1(N(Cc2cc(C(F)(F)F)ccc2-c2cc(CC(=O)O)ccc2OC)C2C=Cc3ccccc32)CC1. The highest BCUT2D eigenvalue weighted by atomic mass is 19.4. The Hall–Kier alpha value is -3.58. The predicted octanol–water partition coefficient (Wildman–Crippen LogP) is 7.52. The molecule has 0 aromatic heterocycles. The summed E-state index contributed by atoms with van der Waals surface area (Å²) in [5.41, 5.74) is 3.75. The van der Waals surface area contributed by atoms with Gasteiger partial charge in [0.25, 0.3) is 0 Å². The van der Waals surface area contributed by atoms with Crippen molar-refractivity contribution in [1.29, 1.82) is 0 Å². The molecule has 0 saturated heterocycles. The lowest BCUT2D eigenvalue weighted by Gasteiger charge is -2.37. The fraction of sp³-hybridized carbons (Fsp3) is 0.323. The smallest absolute Gasteiger partial charge is 0.416 e. The average Bonchev–Trinajstić information content (AvgIpc) is 3.58. The quantitative estimate of drug-likeness (QED) is 0.316. The lowest BCUT2D eigenvalue weighted by atomic mass is 9.92. The minimum absolute atomic E-state index is 0.0451. The Labute approximate surface area is 220 Å². The van der Waals surface area contributed by atoms with Gasteiger partial charge in [0.15, 0.2) is 0 Å². The second-order valence-corrected chi connectivity index (χ2v) is 10.1. The molecule has 3 aromatic carbocycles. The number of methoxy groups -OCH3 is 1. The predicted molar refractivity (Wildman–Crippen MR) is 141 cm³/mol. The number of carbonyl (C=O) groups is 1. The summed E-state index contributed by atoms with van der Waals surface area (Å²) >= 11 is 0. The molecule has 0 aliphatic heterocycles. The van der Waals surface area contributed by atoms with Crippen LogP contribution in [0.15, 0.2) is 66.7 Å². The molecule has 4 nitrogen and oxygen atoms in total. The summed E-state index contributed by atoms with van der Waals surface area (Å²) in [6, 6.07) is 17.0. The van der Waals surface area contributed by atoms with Crippen molar-refractivity contribution in [3.8, 4) is 16.9 Å². The van der Waals surface area contributed by atoms with Crippen molar-refractivity contribution in [3.63, 3.8) is 0 Å². The van der Waals surface area contributed by atoms with Crippen molar-refractivity contribution in [1.82, 2.24) is 4.90 Å². The van der Waals surface area contributed by atoms with Gasteiger partial charge in [0.1, 0.15) is 5.75 Å². The molecule has 1 atom stereocenters. The molecule has 1 saturated carbocycles. The van der Waals surface area contributed by atoms with Gasteiger partial charge < -0.3 is 9.84 Å². The Morgan fingerprint density at radius 2 is 1.84 bits per heavy atom. The number of fused-ring (bicyclic) bond motifs is 1. The maximum atomic E-state index is 13.9. The average molecular weight is 522 g/mol. The highest BCUT2D eigenvalue weighted by molar-refractivity contribution is 5.77. The van der Waals surface area contributed by atoms with E-state index >= 15 is 0 Å². The van der Waals surface area contributed by atoms with E-state index in [1.54, 1.807) is 18.2 Å². The molecule has 0 bridgehead atoms. The van der Waals surface area contributed by atoms with Gasteiger partial charge in [0.2, 0.25) is 0 Å².